The molecule has 0 aliphatic carbocycles. The fourth-order valence-corrected chi connectivity index (χ4v) is 1.76. The number of rotatable bonds is 3. The molecule has 0 spiro atoms. The topological polar surface area (TPSA) is 39.1 Å². The Kier molecular flexibility index (Phi) is 3.11. The van der Waals surface area contributed by atoms with E-state index in [1.165, 1.54) is 0 Å². The molecule has 1 aromatic heterocycles. The van der Waals surface area contributed by atoms with Crippen LogP contribution in [0.2, 0.25) is 5.02 Å². The van der Waals surface area contributed by atoms with Crippen LogP contribution in [0.15, 0.2) is 36.5 Å². The smallest absolute Gasteiger partial charge is 0.209 e. The third kappa shape index (κ3) is 2.29. The number of halogens is 1. The van der Waals surface area contributed by atoms with Crippen molar-refractivity contribution in [3.05, 3.63) is 58.4 Å². The van der Waals surface area contributed by atoms with Gasteiger partial charge in [-0.1, -0.05) is 11.6 Å². The normalized spacial score (nSPS) is 10.2. The van der Waals surface area contributed by atoms with E-state index in [0.29, 0.717) is 21.8 Å². The maximum Gasteiger partial charge on any atom is 0.209 e. The number of carbonyl (C=O) groups excluding carboxylic acids is 2. The molecule has 0 N–H and O–H groups in total. The van der Waals surface area contributed by atoms with Gasteiger partial charge in [0.15, 0.2) is 6.29 Å². The van der Waals surface area contributed by atoms with Crippen LogP contribution in [0, 0.1) is 0 Å². The van der Waals surface area contributed by atoms with Gasteiger partial charge < -0.3 is 4.57 Å². The fraction of sp³-hybridized carbons (Fsp3) is 0.0769. The second kappa shape index (κ2) is 4.55. The lowest BCUT2D eigenvalue weighted by Crippen LogP contribution is -2.06. The number of hydrogen-bond donors (Lipinski definition) is 0. The van der Waals surface area contributed by atoms with Crippen molar-refractivity contribution >= 4 is 23.7 Å². The van der Waals surface area contributed by atoms with E-state index in [9.17, 15) is 9.59 Å². The van der Waals surface area contributed by atoms with Crippen LogP contribution in [-0.4, -0.2) is 16.6 Å². The minimum absolute atomic E-state index is 0.128. The van der Waals surface area contributed by atoms with Gasteiger partial charge in [0.05, 0.1) is 5.69 Å². The molecule has 0 saturated heterocycles. The second-order valence-electron chi connectivity index (χ2n) is 3.72. The van der Waals surface area contributed by atoms with Gasteiger partial charge in [-0.3, -0.25) is 9.59 Å². The third-order valence-corrected chi connectivity index (χ3v) is 2.75. The molecule has 0 aliphatic rings. The van der Waals surface area contributed by atoms with Crippen molar-refractivity contribution in [2.24, 2.45) is 7.05 Å². The predicted molar refractivity (Wildman–Crippen MR) is 65.7 cm³/mol. The minimum atomic E-state index is -0.128. The molecule has 0 aliphatic heterocycles. The lowest BCUT2D eigenvalue weighted by Gasteiger charge is -2.02. The van der Waals surface area contributed by atoms with Crippen LogP contribution >= 0.6 is 11.6 Å². The molecule has 2 aromatic rings. The Morgan fingerprint density at radius 3 is 2.47 bits per heavy atom. The molecule has 0 atom stereocenters. The number of ketones is 1. The van der Waals surface area contributed by atoms with Gasteiger partial charge in [0, 0.05) is 29.4 Å². The molecule has 17 heavy (non-hydrogen) atoms. The van der Waals surface area contributed by atoms with Crippen LogP contribution in [0.5, 0.6) is 0 Å². The first-order valence-electron chi connectivity index (χ1n) is 5.03. The summed E-state index contributed by atoms with van der Waals surface area (Å²) in [6, 6.07) is 8.23. The van der Waals surface area contributed by atoms with Gasteiger partial charge in [-0.05, 0) is 30.3 Å². The highest BCUT2D eigenvalue weighted by Crippen LogP contribution is 2.15. The highest BCUT2D eigenvalue weighted by Gasteiger charge is 2.13. The Bertz CT molecular complexity index is 570. The van der Waals surface area contributed by atoms with Crippen LogP contribution in [0.3, 0.4) is 0 Å². The molecule has 0 fully saturated rings. The molecule has 86 valence electrons. The summed E-state index contributed by atoms with van der Waals surface area (Å²) in [6.07, 6.45) is 2.34. The van der Waals surface area contributed by atoms with Crippen molar-refractivity contribution in [3.8, 4) is 0 Å². The zero-order chi connectivity index (χ0) is 12.4. The van der Waals surface area contributed by atoms with Gasteiger partial charge in [0.2, 0.25) is 5.78 Å². The number of nitrogens with zero attached hydrogens (tertiary/aromatic N) is 1. The molecule has 1 heterocycles. The summed E-state index contributed by atoms with van der Waals surface area (Å²) < 4.78 is 1.64. The van der Waals surface area contributed by atoms with Gasteiger partial charge in [-0.15, -0.1) is 0 Å². The Morgan fingerprint density at radius 1 is 1.29 bits per heavy atom. The average molecular weight is 248 g/mol. The van der Waals surface area contributed by atoms with Crippen molar-refractivity contribution in [3.63, 3.8) is 0 Å². The van der Waals surface area contributed by atoms with E-state index in [4.69, 9.17) is 11.6 Å². The Hall–Kier alpha value is -1.87. The summed E-state index contributed by atoms with van der Waals surface area (Å²) in [5.74, 6) is -0.128. The quantitative estimate of drug-likeness (QED) is 0.618. The average Bonchev–Trinajstić information content (AvgIpc) is 2.71. The van der Waals surface area contributed by atoms with Crippen molar-refractivity contribution in [1.82, 2.24) is 4.57 Å². The Labute approximate surface area is 104 Å². The molecule has 0 radical (unpaired) electrons. The van der Waals surface area contributed by atoms with Crippen LogP contribution < -0.4 is 0 Å². The largest absolute Gasteiger partial charge is 0.347 e. The lowest BCUT2D eigenvalue weighted by molar-refractivity contribution is 0.103. The van der Waals surface area contributed by atoms with Crippen molar-refractivity contribution in [1.29, 1.82) is 0 Å². The summed E-state index contributed by atoms with van der Waals surface area (Å²) in [4.78, 5) is 22.8. The van der Waals surface area contributed by atoms with Crippen LogP contribution in [0.4, 0.5) is 0 Å². The number of aromatic nitrogens is 1. The number of aldehydes is 1. The SMILES string of the molecule is Cn1cc(C=O)cc1C(=O)c1ccc(Cl)cc1. The van der Waals surface area contributed by atoms with E-state index in [1.54, 1.807) is 48.1 Å². The molecule has 1 aromatic carbocycles. The van der Waals surface area contributed by atoms with Crippen LogP contribution in [0.1, 0.15) is 26.4 Å². The monoisotopic (exact) mass is 247 g/mol. The first-order valence-corrected chi connectivity index (χ1v) is 5.41. The second-order valence-corrected chi connectivity index (χ2v) is 4.16. The van der Waals surface area contributed by atoms with Gasteiger partial charge in [-0.25, -0.2) is 0 Å². The molecule has 3 nitrogen and oxygen atoms in total. The Morgan fingerprint density at radius 2 is 1.94 bits per heavy atom. The zero-order valence-electron chi connectivity index (χ0n) is 9.18. The fourth-order valence-electron chi connectivity index (χ4n) is 1.63. The van der Waals surface area contributed by atoms with Crippen molar-refractivity contribution in [2.75, 3.05) is 0 Å². The van der Waals surface area contributed by atoms with E-state index in [1.807, 2.05) is 0 Å². The van der Waals surface area contributed by atoms with Gasteiger partial charge in [0.1, 0.15) is 0 Å². The maximum atomic E-state index is 12.1. The first-order chi connectivity index (χ1) is 8.11. The summed E-state index contributed by atoms with van der Waals surface area (Å²) in [6.45, 7) is 0. The number of hydrogen-bond acceptors (Lipinski definition) is 2. The van der Waals surface area contributed by atoms with E-state index >= 15 is 0 Å². The molecule has 0 bridgehead atoms. The number of benzene rings is 1. The summed E-state index contributed by atoms with van der Waals surface area (Å²) in [5, 5.41) is 0.585. The summed E-state index contributed by atoms with van der Waals surface area (Å²) >= 11 is 5.76. The third-order valence-electron chi connectivity index (χ3n) is 2.50. The van der Waals surface area contributed by atoms with Gasteiger partial charge >= 0.3 is 0 Å². The molecule has 0 saturated carbocycles. The van der Waals surface area contributed by atoms with Crippen molar-refractivity contribution in [2.45, 2.75) is 0 Å². The zero-order valence-corrected chi connectivity index (χ0v) is 9.94. The molecule has 2 rings (SSSR count). The molecule has 0 unspecified atom stereocenters. The minimum Gasteiger partial charge on any atom is -0.347 e. The van der Waals surface area contributed by atoms with Crippen molar-refractivity contribution < 1.29 is 9.59 Å². The Balaban J connectivity index is 2.39. The van der Waals surface area contributed by atoms with E-state index in [-0.39, 0.29) is 5.78 Å². The highest BCUT2D eigenvalue weighted by molar-refractivity contribution is 6.30. The maximum absolute atomic E-state index is 12.1. The molecular formula is C13H10ClNO2. The highest BCUT2D eigenvalue weighted by atomic mass is 35.5. The van der Waals surface area contributed by atoms with Gasteiger partial charge in [-0.2, -0.15) is 0 Å². The van der Waals surface area contributed by atoms with E-state index in [2.05, 4.69) is 0 Å². The molecular weight excluding hydrogens is 238 g/mol. The van der Waals surface area contributed by atoms with Gasteiger partial charge in [0.25, 0.3) is 0 Å². The van der Waals surface area contributed by atoms with E-state index < -0.39 is 0 Å². The predicted octanol–water partition coefficient (Wildman–Crippen LogP) is 2.72. The van der Waals surface area contributed by atoms with Crippen LogP contribution in [-0.2, 0) is 7.05 Å². The molecule has 4 heteroatoms. The summed E-state index contributed by atoms with van der Waals surface area (Å²) in [7, 11) is 1.73. The van der Waals surface area contributed by atoms with Crippen LogP contribution in [0.25, 0.3) is 0 Å². The first kappa shape index (κ1) is 11.6. The number of aryl methyl sites for hydroxylation is 1. The standard InChI is InChI=1S/C13H10ClNO2/c1-15-7-9(8-16)6-12(15)13(17)10-2-4-11(14)5-3-10/h2-8H,1H3. The number of carbonyl (C=O) groups is 2. The lowest BCUT2D eigenvalue weighted by atomic mass is 10.1. The van der Waals surface area contributed by atoms with E-state index in [0.717, 1.165) is 6.29 Å². The molecule has 0 amide bonds. The summed E-state index contributed by atoms with van der Waals surface area (Å²) in [5.41, 5.74) is 1.52.